The Morgan fingerprint density at radius 3 is 0.562 bits per heavy atom. The van der Waals surface area contributed by atoms with E-state index in [1.165, 1.54) is 0 Å². The van der Waals surface area contributed by atoms with Crippen molar-refractivity contribution in [3.8, 4) is 0 Å². The predicted octanol–water partition coefficient (Wildman–Crippen LogP) is -14.8. The van der Waals surface area contributed by atoms with E-state index in [0.29, 0.717) is 0 Å². The summed E-state index contributed by atoms with van der Waals surface area (Å²) in [4.78, 5) is 34.1. The van der Waals surface area contributed by atoms with Crippen LogP contribution in [-0.2, 0) is 8.92 Å². The van der Waals surface area contributed by atoms with E-state index in [4.69, 9.17) is 28.1 Å². The predicted molar refractivity (Wildman–Crippen MR) is 51.6 cm³/mol. The first-order valence-electron chi connectivity index (χ1n) is 1.22. The molecular formula is H3Ca3F2Na3O6Si2. The van der Waals surface area contributed by atoms with Gasteiger partial charge >= 0.3 is 202 Å². The van der Waals surface area contributed by atoms with Crippen LogP contribution < -0.4 is 28.6 Å². The van der Waals surface area contributed by atoms with Gasteiger partial charge in [-0.05, 0) is 0 Å². The summed E-state index contributed by atoms with van der Waals surface area (Å²) in [5.41, 5.74) is 0. The zero-order chi connectivity index (χ0) is 7.15. The zero-order valence-electron chi connectivity index (χ0n) is 6.33. The Hall–Kier alpha value is 5.87. The first-order valence-corrected chi connectivity index (χ1v) is 3.67. The molecule has 0 radical (unpaired) electrons. The Morgan fingerprint density at radius 1 is 0.562 bits per heavy atom. The first-order chi connectivity index (χ1) is 3.46. The molecule has 0 saturated carbocycles. The zero-order valence-corrected chi connectivity index (χ0v) is 15.0. The Labute approximate surface area is 251 Å². The van der Waals surface area contributed by atoms with Gasteiger partial charge in [-0.25, -0.2) is 0 Å². The monoisotopic (exact) mass is 382 g/mol. The second-order valence-electron chi connectivity index (χ2n) is 0.500. The summed E-state index contributed by atoms with van der Waals surface area (Å²) in [6.07, 6.45) is 0. The maximum atomic E-state index is 8.52. The van der Waals surface area contributed by atoms with Crippen molar-refractivity contribution in [2.24, 2.45) is 0 Å². The summed E-state index contributed by atoms with van der Waals surface area (Å²) in [6, 6.07) is 0. The van der Waals surface area contributed by atoms with Gasteiger partial charge in [0.25, 0.3) is 0 Å². The molecule has 0 spiro atoms. The molecule has 0 aliphatic rings. The fraction of sp³-hybridized carbons (Fsp3) is 0. The van der Waals surface area contributed by atoms with Crippen LogP contribution in [0.4, 0.5) is 0 Å². The van der Waals surface area contributed by atoms with Gasteiger partial charge in [0.15, 0.2) is 0 Å². The van der Waals surface area contributed by atoms with Crippen LogP contribution >= 0.6 is 0 Å². The summed E-state index contributed by atoms with van der Waals surface area (Å²) >= 11 is 0. The molecule has 70 valence electrons. The van der Waals surface area contributed by atoms with Crippen LogP contribution in [0.1, 0.15) is 0 Å². The van der Waals surface area contributed by atoms with E-state index in [1.807, 2.05) is 0 Å². The van der Waals surface area contributed by atoms with Gasteiger partial charge in [-0.1, -0.05) is 0 Å². The quantitative estimate of drug-likeness (QED) is 0.383. The van der Waals surface area contributed by atoms with Gasteiger partial charge in [0, 0.05) is 18.3 Å². The molecule has 0 rings (SSSR count). The minimum absolute atomic E-state index is 0. The molecule has 16 heavy (non-hydrogen) atoms. The Kier molecular flexibility index (Phi) is 247. The summed E-state index contributed by atoms with van der Waals surface area (Å²) < 4.78 is 17.0. The average molecular weight is 382 g/mol. The van der Waals surface area contributed by atoms with Crippen molar-refractivity contribution >= 4 is 220 Å². The Bertz CT molecular complexity index is 93.0. The van der Waals surface area contributed by atoms with Gasteiger partial charge in [-0.3, -0.25) is 0 Å². The molecular weight excluding hydrogens is 379 g/mol. The van der Waals surface area contributed by atoms with Crippen molar-refractivity contribution in [2.45, 2.75) is 0 Å². The Morgan fingerprint density at radius 2 is 0.562 bits per heavy atom. The van der Waals surface area contributed by atoms with E-state index < -0.39 is 18.3 Å². The summed E-state index contributed by atoms with van der Waals surface area (Å²) in [6.45, 7) is 0. The molecule has 0 aliphatic carbocycles. The van der Waals surface area contributed by atoms with E-state index in [1.54, 1.807) is 0 Å². The SMILES string of the molecule is O=[Si]([O-])[O-].O=[Si]([O-])[O-].[Ca+2].[Ca+2].[Ca+2].[F-].[F-].[NaH].[NaH].[NaH]. The fourth-order valence-corrected chi connectivity index (χ4v) is 0. The van der Waals surface area contributed by atoms with Crippen molar-refractivity contribution < 1.29 is 37.5 Å². The fourth-order valence-electron chi connectivity index (χ4n) is 0. The molecule has 0 atom stereocenters. The van der Waals surface area contributed by atoms with Crippen molar-refractivity contribution in [2.75, 3.05) is 0 Å². The molecule has 16 heteroatoms. The number of hydrogen-bond donors (Lipinski definition) is 0. The van der Waals surface area contributed by atoms with E-state index in [9.17, 15) is 0 Å². The molecule has 0 N–H and O–H groups in total. The number of halogens is 2. The second-order valence-corrected chi connectivity index (χ2v) is 1.50. The molecule has 0 saturated heterocycles. The maximum absolute atomic E-state index is 8.52. The molecule has 0 aromatic rings. The second kappa shape index (κ2) is 58.5. The third-order valence-corrected chi connectivity index (χ3v) is 0. The van der Waals surface area contributed by atoms with Gasteiger partial charge in [-0.2, -0.15) is 0 Å². The van der Waals surface area contributed by atoms with Crippen molar-refractivity contribution in [3.05, 3.63) is 0 Å². The Balaban J connectivity index is -0.00000000375. The molecule has 0 unspecified atom stereocenters. The van der Waals surface area contributed by atoms with Crippen LogP contribution in [0.15, 0.2) is 0 Å². The molecule has 0 aliphatic heterocycles. The molecule has 0 aromatic carbocycles. The van der Waals surface area contributed by atoms with Crippen LogP contribution in [0, 0.1) is 0 Å². The van der Waals surface area contributed by atoms with E-state index in [-0.39, 0.29) is 211 Å². The van der Waals surface area contributed by atoms with Crippen LogP contribution in [0.25, 0.3) is 0 Å². The molecule has 0 heterocycles. The van der Waals surface area contributed by atoms with E-state index in [2.05, 4.69) is 0 Å². The normalized spacial score (nSPS) is 3.00. The summed E-state index contributed by atoms with van der Waals surface area (Å²) in [5, 5.41) is 0. The van der Waals surface area contributed by atoms with Crippen LogP contribution in [0.5, 0.6) is 0 Å². The minimum atomic E-state index is -3.63. The van der Waals surface area contributed by atoms with E-state index >= 15 is 0 Å². The van der Waals surface area contributed by atoms with E-state index in [0.717, 1.165) is 0 Å². The topological polar surface area (TPSA) is 126 Å². The number of rotatable bonds is 0. The van der Waals surface area contributed by atoms with Gasteiger partial charge in [0.05, 0.1) is 0 Å². The van der Waals surface area contributed by atoms with Gasteiger partial charge in [0.2, 0.25) is 0 Å². The average Bonchev–Trinajstić information content (AvgIpc) is 1.25. The van der Waals surface area contributed by atoms with Crippen molar-refractivity contribution in [3.63, 3.8) is 0 Å². The first kappa shape index (κ1) is 67.6. The molecule has 6 nitrogen and oxygen atoms in total. The molecule has 0 bridgehead atoms. The van der Waals surface area contributed by atoms with Gasteiger partial charge in [0.1, 0.15) is 0 Å². The summed E-state index contributed by atoms with van der Waals surface area (Å²) in [5.74, 6) is 0. The van der Waals surface area contributed by atoms with Crippen LogP contribution in [0.2, 0.25) is 0 Å². The molecule has 0 fully saturated rings. The van der Waals surface area contributed by atoms with Crippen molar-refractivity contribution in [1.29, 1.82) is 0 Å². The van der Waals surface area contributed by atoms with Crippen molar-refractivity contribution in [1.82, 2.24) is 0 Å². The standard InChI is InChI=1S/3Ca.2FH.3Na.2O3Si.3H/c;;;;;;;;2*1-4(2)3;;;/h;;;2*1H;;;;;;;;/q3*+2;;;;;;2*-2;;;/p-2. The third kappa shape index (κ3) is 205. The molecule has 0 amide bonds. The van der Waals surface area contributed by atoms with Crippen LogP contribution in [0.3, 0.4) is 0 Å². The van der Waals surface area contributed by atoms with Crippen LogP contribution in [-0.4, -0.2) is 220 Å². The third-order valence-electron chi connectivity index (χ3n) is 0. The van der Waals surface area contributed by atoms with Gasteiger partial charge < -0.3 is 37.5 Å². The number of hydrogen-bond acceptors (Lipinski definition) is 6. The summed E-state index contributed by atoms with van der Waals surface area (Å²) in [7, 11) is -7.26. The molecule has 0 aromatic heterocycles. The van der Waals surface area contributed by atoms with Gasteiger partial charge in [-0.15, -0.1) is 0 Å².